The minimum Gasteiger partial charge on any atom is -0.307 e. The fraction of sp³-hybridized carbons (Fsp3) is 1.00. The minimum atomic E-state index is -2.74. The fourth-order valence-electron chi connectivity index (χ4n) is 0.129. The van der Waals surface area contributed by atoms with Crippen molar-refractivity contribution < 1.29 is 15.1 Å². The molecule has 0 saturated carbocycles. The molecule has 0 aliphatic heterocycles. The lowest BCUT2D eigenvalue weighted by Crippen LogP contribution is -2.36. The van der Waals surface area contributed by atoms with Crippen molar-refractivity contribution in [1.82, 2.24) is 0 Å². The van der Waals surface area contributed by atoms with Crippen molar-refractivity contribution in [1.29, 1.82) is 0 Å². The molecule has 0 fully saturated rings. The van der Waals surface area contributed by atoms with Gasteiger partial charge in [-0.2, -0.15) is 0 Å². The van der Waals surface area contributed by atoms with Crippen LogP contribution < -0.4 is 0 Å². The molecule has 0 aliphatic carbocycles. The van der Waals surface area contributed by atoms with E-state index in [2.05, 4.69) is 0 Å². The van der Waals surface area contributed by atoms with Gasteiger partial charge in [0.05, 0.1) is 11.3 Å². The highest BCUT2D eigenvalue weighted by atomic mass is 79.9. The normalized spacial score (nSPS) is 10.1. The Balaban J connectivity index is 0. The second-order valence-electron chi connectivity index (χ2n) is 1.39. The van der Waals surface area contributed by atoms with E-state index in [1.165, 1.54) is 6.92 Å². The summed E-state index contributed by atoms with van der Waals surface area (Å²) in [6.07, 6.45) is -0.306. The molecule has 0 aromatic rings. The number of hydrogen-bond acceptors (Lipinski definition) is 4. The molecule has 0 amide bonds. The van der Waals surface area contributed by atoms with E-state index in [4.69, 9.17) is 10.2 Å². The molecule has 0 rings (SSSR count). The van der Waals surface area contributed by atoms with Gasteiger partial charge in [0.2, 0.25) is 0 Å². The van der Waals surface area contributed by atoms with Crippen molar-refractivity contribution in [3.05, 3.63) is 10.1 Å². The Kier molecular flexibility index (Phi) is 4.83. The van der Waals surface area contributed by atoms with E-state index in [0.717, 1.165) is 0 Å². The van der Waals surface area contributed by atoms with E-state index in [1.807, 2.05) is 0 Å². The number of halogens is 1. The Hall–Kier alpha value is -0.200. The zero-order valence-corrected chi connectivity index (χ0v) is 6.49. The van der Waals surface area contributed by atoms with Gasteiger partial charge in [-0.3, -0.25) is 10.1 Å². The van der Waals surface area contributed by atoms with Gasteiger partial charge >= 0.3 is 5.91 Å². The molecule has 0 aliphatic rings. The van der Waals surface area contributed by atoms with Crippen LogP contribution in [0, 0.1) is 10.1 Å². The number of hydrogen-bond donors (Lipinski definition) is 2. The van der Waals surface area contributed by atoms with Crippen LogP contribution in [-0.2, 0) is 0 Å². The predicted molar refractivity (Wildman–Crippen MR) is 34.8 cm³/mol. The highest BCUT2D eigenvalue weighted by molar-refractivity contribution is 8.93. The maximum atomic E-state index is 9.56. The van der Waals surface area contributed by atoms with Crippen molar-refractivity contribution in [2.24, 2.45) is 0 Å². The molecule has 0 saturated heterocycles. The van der Waals surface area contributed by atoms with Crippen LogP contribution in [-0.4, -0.2) is 21.0 Å². The van der Waals surface area contributed by atoms with Gasteiger partial charge in [0.15, 0.2) is 0 Å². The van der Waals surface area contributed by atoms with Gasteiger partial charge in [-0.25, -0.2) is 0 Å². The third kappa shape index (κ3) is 3.39. The molecule has 56 valence electrons. The Bertz CT molecular complexity index is 104. The molecular formula is C3H8BrNO4. The summed E-state index contributed by atoms with van der Waals surface area (Å²) in [4.78, 5) is 8.41. The minimum absolute atomic E-state index is 0. The highest BCUT2D eigenvalue weighted by Crippen LogP contribution is 2.03. The van der Waals surface area contributed by atoms with Gasteiger partial charge in [0.25, 0.3) is 0 Å². The standard InChI is InChI=1S/C3H7NO4.BrH/c1-2-3(5,6)4(7)8;/h5-6H,2H2,1H3;1H. The lowest BCUT2D eigenvalue weighted by Gasteiger charge is -2.07. The third-order valence-electron chi connectivity index (χ3n) is 0.767. The van der Waals surface area contributed by atoms with Gasteiger partial charge in [-0.1, -0.05) is 6.92 Å². The van der Waals surface area contributed by atoms with Crippen LogP contribution in [0.3, 0.4) is 0 Å². The zero-order valence-electron chi connectivity index (χ0n) is 4.77. The number of nitrogens with zero attached hydrogens (tertiary/aromatic N) is 1. The molecule has 0 heterocycles. The van der Waals surface area contributed by atoms with E-state index >= 15 is 0 Å². The van der Waals surface area contributed by atoms with Crippen molar-refractivity contribution in [3.63, 3.8) is 0 Å². The summed E-state index contributed by atoms with van der Waals surface area (Å²) in [6, 6.07) is 0. The molecule has 6 heteroatoms. The van der Waals surface area contributed by atoms with Crippen molar-refractivity contribution in [3.8, 4) is 0 Å². The smallest absolute Gasteiger partial charge is 0.307 e. The Morgan fingerprint density at radius 3 is 2.00 bits per heavy atom. The lowest BCUT2D eigenvalue weighted by molar-refractivity contribution is -0.683. The predicted octanol–water partition coefficient (Wildman–Crippen LogP) is -0.111. The molecule has 0 bridgehead atoms. The molecule has 0 radical (unpaired) electrons. The first-order valence-corrected chi connectivity index (χ1v) is 2.10. The van der Waals surface area contributed by atoms with Gasteiger partial charge in [-0.05, 0) is 0 Å². The molecular weight excluding hydrogens is 194 g/mol. The Labute approximate surface area is 62.2 Å². The molecule has 2 N–H and O–H groups in total. The van der Waals surface area contributed by atoms with Gasteiger partial charge < -0.3 is 10.2 Å². The molecule has 0 unspecified atom stereocenters. The van der Waals surface area contributed by atoms with E-state index in [9.17, 15) is 10.1 Å². The molecule has 0 atom stereocenters. The number of rotatable bonds is 2. The number of aliphatic hydroxyl groups is 2. The second kappa shape index (κ2) is 3.76. The van der Waals surface area contributed by atoms with Crippen molar-refractivity contribution in [2.45, 2.75) is 19.3 Å². The summed E-state index contributed by atoms with van der Waals surface area (Å²) in [5, 5.41) is 26.1. The molecule has 0 aromatic carbocycles. The summed E-state index contributed by atoms with van der Waals surface area (Å²) < 4.78 is 0. The van der Waals surface area contributed by atoms with Crippen molar-refractivity contribution in [2.75, 3.05) is 0 Å². The van der Waals surface area contributed by atoms with Gasteiger partial charge in [0, 0.05) is 0 Å². The summed E-state index contributed by atoms with van der Waals surface area (Å²) in [5.41, 5.74) is 0. The number of nitro groups is 1. The monoisotopic (exact) mass is 201 g/mol. The van der Waals surface area contributed by atoms with Crippen LogP contribution in [0.1, 0.15) is 13.3 Å². The molecule has 0 spiro atoms. The molecule has 9 heavy (non-hydrogen) atoms. The first-order valence-electron chi connectivity index (χ1n) is 2.10. The fourth-order valence-corrected chi connectivity index (χ4v) is 0.129. The van der Waals surface area contributed by atoms with Gasteiger partial charge in [0.1, 0.15) is 0 Å². The van der Waals surface area contributed by atoms with Crippen LogP contribution in [0.4, 0.5) is 0 Å². The van der Waals surface area contributed by atoms with E-state index in [-0.39, 0.29) is 23.4 Å². The highest BCUT2D eigenvalue weighted by Gasteiger charge is 2.34. The van der Waals surface area contributed by atoms with E-state index < -0.39 is 10.8 Å². The summed E-state index contributed by atoms with van der Waals surface area (Å²) in [6.45, 7) is 1.31. The van der Waals surface area contributed by atoms with Crippen molar-refractivity contribution >= 4 is 17.0 Å². The van der Waals surface area contributed by atoms with Crippen LogP contribution in [0.25, 0.3) is 0 Å². The molecule has 5 nitrogen and oxygen atoms in total. The molecule has 0 aromatic heterocycles. The van der Waals surface area contributed by atoms with Crippen LogP contribution >= 0.6 is 17.0 Å². The third-order valence-corrected chi connectivity index (χ3v) is 0.767. The lowest BCUT2D eigenvalue weighted by atomic mass is 10.4. The topological polar surface area (TPSA) is 83.6 Å². The second-order valence-corrected chi connectivity index (χ2v) is 1.39. The first-order chi connectivity index (χ1) is 3.50. The summed E-state index contributed by atoms with van der Waals surface area (Å²) in [7, 11) is 0. The van der Waals surface area contributed by atoms with E-state index in [0.29, 0.717) is 0 Å². The Morgan fingerprint density at radius 1 is 1.67 bits per heavy atom. The summed E-state index contributed by atoms with van der Waals surface area (Å²) >= 11 is 0. The zero-order chi connectivity index (χ0) is 6.78. The van der Waals surface area contributed by atoms with Crippen LogP contribution in [0.5, 0.6) is 0 Å². The Morgan fingerprint density at radius 2 is 2.00 bits per heavy atom. The SMILES string of the molecule is Br.CCC(O)(O)[N+](=O)[O-]. The van der Waals surface area contributed by atoms with Crippen LogP contribution in [0.15, 0.2) is 0 Å². The van der Waals surface area contributed by atoms with Crippen LogP contribution in [0.2, 0.25) is 0 Å². The average Bonchev–Trinajstić information content (AvgIpc) is 1.67. The van der Waals surface area contributed by atoms with Gasteiger partial charge in [-0.15, -0.1) is 17.0 Å². The van der Waals surface area contributed by atoms with E-state index in [1.54, 1.807) is 0 Å². The maximum absolute atomic E-state index is 9.56. The summed E-state index contributed by atoms with van der Waals surface area (Å²) in [5.74, 6) is -2.74. The average molecular weight is 202 g/mol. The maximum Gasteiger partial charge on any atom is 0.436 e. The largest absolute Gasteiger partial charge is 0.436 e. The first kappa shape index (κ1) is 11.6. The quantitative estimate of drug-likeness (QED) is 0.371.